The summed E-state index contributed by atoms with van der Waals surface area (Å²) in [5, 5.41) is 0. The van der Waals surface area contributed by atoms with Gasteiger partial charge in [0, 0.05) is 25.5 Å². The summed E-state index contributed by atoms with van der Waals surface area (Å²) in [6.07, 6.45) is 4.68. The van der Waals surface area contributed by atoms with Crippen LogP contribution in [-0.2, 0) is 28.9 Å². The van der Waals surface area contributed by atoms with Crippen LogP contribution in [0, 0.1) is 0 Å². The van der Waals surface area contributed by atoms with Gasteiger partial charge in [0.25, 0.3) is 0 Å². The van der Waals surface area contributed by atoms with Crippen molar-refractivity contribution in [2.24, 2.45) is 0 Å². The van der Waals surface area contributed by atoms with E-state index in [9.17, 15) is 9.59 Å². The van der Waals surface area contributed by atoms with Crippen LogP contribution in [0.15, 0.2) is 72.9 Å². The molecule has 0 aliphatic rings. The van der Waals surface area contributed by atoms with Gasteiger partial charge < -0.3 is 14.2 Å². The van der Waals surface area contributed by atoms with Gasteiger partial charge >= 0.3 is 5.97 Å². The molecular formula is C27H32N2O3. The van der Waals surface area contributed by atoms with Gasteiger partial charge in [-0.05, 0) is 60.6 Å². The van der Waals surface area contributed by atoms with Crippen LogP contribution in [-0.4, -0.2) is 42.0 Å². The van der Waals surface area contributed by atoms with Gasteiger partial charge in [-0.15, -0.1) is 0 Å². The molecule has 0 bridgehead atoms. The third kappa shape index (κ3) is 6.33. The molecule has 1 amide bonds. The normalized spacial score (nSPS) is 11.7. The maximum atomic E-state index is 12.7. The van der Waals surface area contributed by atoms with E-state index in [4.69, 9.17) is 4.74 Å². The number of benzene rings is 2. The van der Waals surface area contributed by atoms with Crippen molar-refractivity contribution in [3.8, 4) is 0 Å². The van der Waals surface area contributed by atoms with Gasteiger partial charge in [-0.25, -0.2) is 4.79 Å². The van der Waals surface area contributed by atoms with Gasteiger partial charge in [-0.2, -0.15) is 0 Å². The Bertz CT molecular complexity index is 1010. The zero-order chi connectivity index (χ0) is 22.9. The van der Waals surface area contributed by atoms with Gasteiger partial charge in [-0.1, -0.05) is 49.4 Å². The van der Waals surface area contributed by atoms with E-state index in [1.807, 2.05) is 66.7 Å². The molecule has 3 rings (SSSR count). The number of methoxy groups -OCH3 is 1. The minimum absolute atomic E-state index is 0.116. The first-order valence-corrected chi connectivity index (χ1v) is 11.1. The monoisotopic (exact) mass is 432 g/mol. The summed E-state index contributed by atoms with van der Waals surface area (Å²) in [5.41, 5.74) is 4.15. The molecule has 1 unspecified atom stereocenters. The zero-order valence-corrected chi connectivity index (χ0v) is 19.2. The molecule has 0 spiro atoms. The predicted octanol–water partition coefficient (Wildman–Crippen LogP) is 4.71. The highest BCUT2D eigenvalue weighted by atomic mass is 16.5. The highest BCUT2D eigenvalue weighted by molar-refractivity contribution is 5.89. The molecule has 0 aliphatic heterocycles. The van der Waals surface area contributed by atoms with E-state index >= 15 is 0 Å². The number of aryl methyl sites for hydroxylation is 1. The molecule has 5 heteroatoms. The fourth-order valence-corrected chi connectivity index (χ4v) is 3.76. The topological polar surface area (TPSA) is 51.5 Å². The summed E-state index contributed by atoms with van der Waals surface area (Å²) in [6.45, 7) is 3.25. The number of hydrogen-bond acceptors (Lipinski definition) is 3. The molecule has 5 nitrogen and oxygen atoms in total. The Morgan fingerprint density at radius 3 is 2.38 bits per heavy atom. The number of hydrogen-bond donors (Lipinski definition) is 0. The van der Waals surface area contributed by atoms with Gasteiger partial charge in [0.15, 0.2) is 0 Å². The Labute approximate surface area is 190 Å². The molecule has 0 saturated heterocycles. The van der Waals surface area contributed by atoms with Crippen LogP contribution >= 0.6 is 0 Å². The number of carbonyl (C=O) groups excluding carboxylic acids is 2. The van der Waals surface area contributed by atoms with Crippen molar-refractivity contribution in [1.29, 1.82) is 0 Å². The molecular weight excluding hydrogens is 400 g/mol. The quantitative estimate of drug-likeness (QED) is 0.436. The third-order valence-corrected chi connectivity index (χ3v) is 5.97. The van der Waals surface area contributed by atoms with Crippen LogP contribution in [0.2, 0.25) is 0 Å². The lowest BCUT2D eigenvalue weighted by Gasteiger charge is -2.19. The first kappa shape index (κ1) is 23.3. The third-order valence-electron chi connectivity index (χ3n) is 5.97. The van der Waals surface area contributed by atoms with Crippen molar-refractivity contribution in [2.45, 2.75) is 38.6 Å². The highest BCUT2D eigenvalue weighted by Gasteiger charge is 2.13. The fourth-order valence-electron chi connectivity index (χ4n) is 3.76. The summed E-state index contributed by atoms with van der Waals surface area (Å²) in [6, 6.07) is 21.9. The van der Waals surface area contributed by atoms with E-state index in [1.165, 1.54) is 18.2 Å². The van der Waals surface area contributed by atoms with Gasteiger partial charge in [0.05, 0.1) is 12.7 Å². The number of ether oxygens (including phenoxy) is 1. The summed E-state index contributed by atoms with van der Waals surface area (Å²) in [5.74, 6) is 0.138. The zero-order valence-electron chi connectivity index (χ0n) is 19.2. The fraction of sp³-hybridized carbons (Fsp3) is 0.333. The minimum atomic E-state index is -0.319. The SMILES string of the molecule is COC(=O)c1ccc(C(C)CCc2cccn2CC(=O)N(C)CCc2ccccc2)cc1. The van der Waals surface area contributed by atoms with Crippen LogP contribution in [0.5, 0.6) is 0 Å². The minimum Gasteiger partial charge on any atom is -0.465 e. The molecule has 3 aromatic rings. The molecule has 1 atom stereocenters. The van der Waals surface area contributed by atoms with Crippen LogP contribution in [0.1, 0.15) is 46.4 Å². The van der Waals surface area contributed by atoms with E-state index in [0.29, 0.717) is 24.6 Å². The summed E-state index contributed by atoms with van der Waals surface area (Å²) in [7, 11) is 3.26. The van der Waals surface area contributed by atoms with Crippen molar-refractivity contribution >= 4 is 11.9 Å². The molecule has 32 heavy (non-hydrogen) atoms. The van der Waals surface area contributed by atoms with Crippen molar-refractivity contribution in [3.63, 3.8) is 0 Å². The van der Waals surface area contributed by atoms with Crippen molar-refractivity contribution in [1.82, 2.24) is 9.47 Å². The van der Waals surface area contributed by atoms with Crippen molar-refractivity contribution in [2.75, 3.05) is 20.7 Å². The molecule has 2 aromatic carbocycles. The van der Waals surface area contributed by atoms with Crippen LogP contribution in [0.4, 0.5) is 0 Å². The molecule has 0 N–H and O–H groups in total. The number of amides is 1. The predicted molar refractivity (Wildman–Crippen MR) is 127 cm³/mol. The Morgan fingerprint density at radius 1 is 0.969 bits per heavy atom. The molecule has 0 saturated carbocycles. The standard InChI is InChI=1S/C27H32N2O3/c1-21(23-12-14-24(15-13-23)27(31)32-3)11-16-25-10-7-18-29(25)20-26(30)28(2)19-17-22-8-5-4-6-9-22/h4-10,12-15,18,21H,11,16-17,19-20H2,1-3H3. The number of likely N-dealkylation sites (N-methyl/N-ethyl adjacent to an activating group) is 1. The Balaban J connectivity index is 1.51. The van der Waals surface area contributed by atoms with Crippen LogP contribution in [0.3, 0.4) is 0 Å². The van der Waals surface area contributed by atoms with Gasteiger partial charge in [-0.3, -0.25) is 4.79 Å². The number of carbonyl (C=O) groups is 2. The molecule has 0 fully saturated rings. The van der Waals surface area contributed by atoms with Crippen molar-refractivity contribution in [3.05, 3.63) is 95.3 Å². The summed E-state index contributed by atoms with van der Waals surface area (Å²) in [4.78, 5) is 26.1. The average molecular weight is 433 g/mol. The number of aromatic nitrogens is 1. The lowest BCUT2D eigenvalue weighted by molar-refractivity contribution is -0.130. The second-order valence-corrected chi connectivity index (χ2v) is 8.23. The molecule has 0 radical (unpaired) electrons. The van der Waals surface area contributed by atoms with E-state index in [0.717, 1.165) is 25.0 Å². The van der Waals surface area contributed by atoms with E-state index < -0.39 is 0 Å². The van der Waals surface area contributed by atoms with E-state index in [-0.39, 0.29) is 11.9 Å². The Hall–Kier alpha value is -3.34. The largest absolute Gasteiger partial charge is 0.465 e. The number of rotatable bonds is 10. The number of esters is 1. The summed E-state index contributed by atoms with van der Waals surface area (Å²) < 4.78 is 6.81. The molecule has 0 aliphatic carbocycles. The highest BCUT2D eigenvalue weighted by Crippen LogP contribution is 2.22. The van der Waals surface area contributed by atoms with Crippen molar-refractivity contribution < 1.29 is 14.3 Å². The van der Waals surface area contributed by atoms with Crippen LogP contribution < -0.4 is 0 Å². The van der Waals surface area contributed by atoms with E-state index in [2.05, 4.69) is 29.7 Å². The first-order chi connectivity index (χ1) is 15.5. The second-order valence-electron chi connectivity index (χ2n) is 8.23. The molecule has 1 heterocycles. The second kappa shape index (κ2) is 11.3. The lowest BCUT2D eigenvalue weighted by atomic mass is 9.94. The molecule has 1 aromatic heterocycles. The van der Waals surface area contributed by atoms with Gasteiger partial charge in [0.1, 0.15) is 6.54 Å². The lowest BCUT2D eigenvalue weighted by Crippen LogP contribution is -2.32. The summed E-state index contributed by atoms with van der Waals surface area (Å²) >= 11 is 0. The van der Waals surface area contributed by atoms with E-state index in [1.54, 1.807) is 0 Å². The maximum Gasteiger partial charge on any atom is 0.337 e. The molecule has 168 valence electrons. The smallest absolute Gasteiger partial charge is 0.337 e. The number of nitrogens with zero attached hydrogens (tertiary/aromatic N) is 2. The maximum absolute atomic E-state index is 12.7. The van der Waals surface area contributed by atoms with Crippen LogP contribution in [0.25, 0.3) is 0 Å². The first-order valence-electron chi connectivity index (χ1n) is 11.1. The van der Waals surface area contributed by atoms with Gasteiger partial charge in [0.2, 0.25) is 5.91 Å². The Morgan fingerprint density at radius 2 is 1.69 bits per heavy atom. The Kier molecular flexibility index (Phi) is 8.26. The average Bonchev–Trinajstić information content (AvgIpc) is 3.27.